The molecule has 0 aliphatic carbocycles. The molecular formula is C22H22I2N6Na3O15S5-. The molecule has 0 saturated heterocycles. The minimum absolute atomic E-state index is 0. The molecule has 0 bridgehead atoms. The van der Waals surface area contributed by atoms with Crippen molar-refractivity contribution < 1.29 is 173 Å². The molecule has 0 aromatic heterocycles. The van der Waals surface area contributed by atoms with E-state index in [1.165, 1.54) is 24.3 Å². The quantitative estimate of drug-likeness (QED) is 0.0121. The molecule has 278 valence electrons. The molecule has 21 nitrogen and oxygen atoms in total. The summed E-state index contributed by atoms with van der Waals surface area (Å²) in [4.78, 5) is -1.37. The van der Waals surface area contributed by atoms with Gasteiger partial charge in [0.1, 0.15) is 21.5 Å². The second kappa shape index (κ2) is 26.0. The van der Waals surface area contributed by atoms with Crippen molar-refractivity contribution in [2.24, 2.45) is 20.5 Å². The molecule has 0 saturated carbocycles. The molecule has 4 N–H and O–H groups in total. The van der Waals surface area contributed by atoms with E-state index in [2.05, 4.69) is 52.6 Å². The number of rotatable bonds is 17. The van der Waals surface area contributed by atoms with Crippen LogP contribution in [0.4, 0.5) is 34.1 Å². The maximum absolute atomic E-state index is 12.4. The van der Waals surface area contributed by atoms with Crippen molar-refractivity contribution in [3.8, 4) is 0 Å². The van der Waals surface area contributed by atoms with Crippen LogP contribution in [0, 0.1) is 0 Å². The van der Waals surface area contributed by atoms with Gasteiger partial charge >= 0.3 is 126 Å². The number of halogens is 2. The zero-order valence-electron chi connectivity index (χ0n) is 28.4. The van der Waals surface area contributed by atoms with Gasteiger partial charge < -0.3 is 25.8 Å². The maximum atomic E-state index is 12.4. The Kier molecular flexibility index (Phi) is 26.4. The van der Waals surface area contributed by atoms with Crippen molar-refractivity contribution in [3.05, 3.63) is 54.6 Å². The Morgan fingerprint density at radius 1 is 0.755 bits per heavy atom. The molecular weight excluding hydrogens is 1070 g/mol. The third-order valence-corrected chi connectivity index (χ3v) is 10.7. The van der Waals surface area contributed by atoms with E-state index in [4.69, 9.17) is 16.2 Å². The van der Waals surface area contributed by atoms with E-state index >= 15 is 0 Å². The van der Waals surface area contributed by atoms with Crippen molar-refractivity contribution in [3.63, 3.8) is 0 Å². The van der Waals surface area contributed by atoms with Gasteiger partial charge in [-0.3, -0.25) is 13.4 Å². The molecule has 0 atom stereocenters. The first-order valence-electron chi connectivity index (χ1n) is 12.9. The fourth-order valence-corrected chi connectivity index (χ4v) is 6.92. The molecule has 0 aliphatic heterocycles. The summed E-state index contributed by atoms with van der Waals surface area (Å²) in [5, 5.41) is 28.1. The van der Waals surface area contributed by atoms with Crippen LogP contribution >= 0.6 is 30.9 Å². The normalized spacial score (nSPS) is 12.3. The Morgan fingerprint density at radius 3 is 1.64 bits per heavy atom. The summed E-state index contributed by atoms with van der Waals surface area (Å²) in [5.74, 6) is -1.31. The van der Waals surface area contributed by atoms with Crippen LogP contribution in [-0.2, 0) is 57.9 Å². The van der Waals surface area contributed by atoms with E-state index in [0.29, 0.717) is 0 Å². The van der Waals surface area contributed by atoms with E-state index in [9.17, 15) is 48.0 Å². The van der Waals surface area contributed by atoms with E-state index in [1.807, 2.05) is 0 Å². The summed E-state index contributed by atoms with van der Waals surface area (Å²) in [6.07, 6.45) is 0. The summed E-state index contributed by atoms with van der Waals surface area (Å²) < 4.78 is 136. The number of nitrogens with zero attached hydrogens (tertiary/aromatic N) is 4. The average molecular weight is 1090 g/mol. The summed E-state index contributed by atoms with van der Waals surface area (Å²) in [6, 6.07) is 10.1. The predicted octanol–water partition coefficient (Wildman–Crippen LogP) is -9.95. The van der Waals surface area contributed by atoms with Crippen LogP contribution in [0.15, 0.2) is 89.7 Å². The number of azo groups is 2. The third-order valence-electron chi connectivity index (χ3n) is 5.64. The predicted molar refractivity (Wildman–Crippen MR) is 175 cm³/mol. The molecule has 0 radical (unpaired) electrons. The van der Waals surface area contributed by atoms with Crippen LogP contribution < -0.4 is 124 Å². The molecule has 31 heteroatoms. The van der Waals surface area contributed by atoms with Crippen LogP contribution in [0.25, 0.3) is 0 Å². The van der Waals surface area contributed by atoms with Crippen molar-refractivity contribution in [1.29, 1.82) is 0.594 Å². The van der Waals surface area contributed by atoms with Gasteiger partial charge in [0, 0.05) is 0 Å². The number of anilines is 2. The Balaban J connectivity index is 0. The summed E-state index contributed by atoms with van der Waals surface area (Å²) in [7, 11) is -18.2. The topological polar surface area (TPSA) is 344 Å². The monoisotopic (exact) mass is 1090 g/mol. The molecule has 0 amide bonds. The Bertz CT molecular complexity index is 2160. The largest absolute Gasteiger partial charge is 1.00 e. The first kappa shape index (κ1) is 53.8. The third kappa shape index (κ3) is 18.9. The molecule has 0 unspecified atom stereocenters. The van der Waals surface area contributed by atoms with E-state index in [0.717, 1.165) is 30.3 Å². The van der Waals surface area contributed by atoms with Gasteiger partial charge in [-0.1, -0.05) is 0 Å². The van der Waals surface area contributed by atoms with Crippen molar-refractivity contribution in [1.82, 2.24) is 0 Å². The summed E-state index contributed by atoms with van der Waals surface area (Å²) in [6.45, 7) is -1.25. The van der Waals surface area contributed by atoms with Gasteiger partial charge in [-0.25, -0.2) is 33.7 Å². The van der Waals surface area contributed by atoms with Gasteiger partial charge in [0.2, 0.25) is 10.4 Å². The molecule has 53 heavy (non-hydrogen) atoms. The number of nitrogen functional groups attached to an aromatic ring is 2. The number of sulfone groups is 2. The fourth-order valence-electron chi connectivity index (χ4n) is 3.41. The van der Waals surface area contributed by atoms with Crippen molar-refractivity contribution >= 4 is 105 Å². The van der Waals surface area contributed by atoms with Crippen molar-refractivity contribution in [2.75, 3.05) is 36.2 Å². The number of hydrogen-bond acceptors (Lipinski definition) is 22. The molecule has 0 heterocycles. The van der Waals surface area contributed by atoms with Gasteiger partial charge in [-0.05, 0) is 54.6 Å². The zero-order valence-corrected chi connectivity index (χ0v) is 41.8. The van der Waals surface area contributed by atoms with E-state index in [1.54, 1.807) is 0 Å². The van der Waals surface area contributed by atoms with Gasteiger partial charge in [0.25, 0.3) is 0 Å². The maximum Gasteiger partial charge on any atom is 1.00 e. The summed E-state index contributed by atoms with van der Waals surface area (Å²) in [5.41, 5.74) is 10.1. The van der Waals surface area contributed by atoms with Crippen molar-refractivity contribution in [2.45, 2.75) is 14.7 Å². The first-order valence-corrected chi connectivity index (χ1v) is 25.5. The van der Waals surface area contributed by atoms with E-state index in [-0.39, 0.29) is 159 Å². The standard InChI is InChI=1S/C22H24N6O15S5.HI2.3Na/c23-20-18(27-25-14-1-5-16(6-2-14)45(30,31)11-9-40-44-43-42-29)13-19(47(34,35)36)21(24)22(20)28-26-15-3-7-17(8-4-15)46(32,33)12-10-41-48(37,38)39;1-2;;;/h1-8,13,29H,9-12,23-24H2,(H,34,35,36)(H,37,38,39);1H;;;/q;-1;3*+1/p-3/i;1D;;;. The SMILES string of the molecule is Nc1c(N=Nc2ccc(S(=O)(=O)CCOSOO[O-])cc2)cc(S(=O)(=O)[O-])c(N)c1N=Nc1ccc(S(=O)(=O)CCOS(=O)(=O)[O-])cc1.[2H][I-]I.[Na+].[Na+].[Na+]. The van der Waals surface area contributed by atoms with E-state index < -0.39 is 74.6 Å². The number of benzene rings is 3. The Hall–Kier alpha value is 0.790. The van der Waals surface area contributed by atoms with Crippen LogP contribution in [0.1, 0.15) is 0 Å². The second-order valence-corrected chi connectivity index (χ2v) is 15.9. The van der Waals surface area contributed by atoms with Gasteiger partial charge in [-0.2, -0.15) is 10.2 Å². The smallest absolute Gasteiger partial charge is 1.00 e. The van der Waals surface area contributed by atoms with Gasteiger partial charge in [0.05, 0.1) is 62.2 Å². The minimum atomic E-state index is -5.21. The molecule has 0 aliphatic rings. The second-order valence-electron chi connectivity index (χ2n) is 8.81. The Labute approximate surface area is 398 Å². The van der Waals surface area contributed by atoms with Crippen LogP contribution in [0.2, 0.25) is 0 Å². The fraction of sp³-hybridized carbons (Fsp3) is 0.182. The Morgan fingerprint density at radius 2 is 1.21 bits per heavy atom. The average Bonchev–Trinajstić information content (AvgIpc) is 3.03. The molecule has 3 rings (SSSR count). The molecule has 3 aromatic carbocycles. The minimum Gasteiger partial charge on any atom is 1.00 e. The van der Waals surface area contributed by atoms with Crippen LogP contribution in [-0.4, -0.2) is 68.1 Å². The zero-order chi connectivity index (χ0) is 38.5. The van der Waals surface area contributed by atoms with Crippen LogP contribution in [0.5, 0.6) is 0 Å². The van der Waals surface area contributed by atoms with Gasteiger partial charge in [0.15, 0.2) is 32.0 Å². The number of hydrogen-bond donors (Lipinski definition) is 2. The molecule has 0 spiro atoms. The molecule has 0 fully saturated rings. The molecule has 3 aromatic rings. The number of nitrogens with two attached hydrogens (primary N) is 2. The van der Waals surface area contributed by atoms with Gasteiger partial charge in [-0.15, -0.1) is 14.6 Å². The van der Waals surface area contributed by atoms with Crippen LogP contribution in [0.3, 0.4) is 0 Å². The summed E-state index contributed by atoms with van der Waals surface area (Å²) >= 11 is 2.02. The first-order chi connectivity index (χ1) is 23.8.